The quantitative estimate of drug-likeness (QED) is 0.633. The normalized spacial score (nSPS) is 26.4. The van der Waals surface area contributed by atoms with Crippen LogP contribution in [-0.2, 0) is 4.74 Å². The lowest BCUT2D eigenvalue weighted by molar-refractivity contribution is -0.384. The monoisotopic (exact) mass is 252 g/mol. The number of benzene rings is 1. The van der Waals surface area contributed by atoms with Gasteiger partial charge in [0, 0.05) is 31.2 Å². The van der Waals surface area contributed by atoms with Gasteiger partial charge in [-0.2, -0.15) is 0 Å². The first kappa shape index (κ1) is 12.8. The predicted octanol–water partition coefficient (Wildman–Crippen LogP) is 1.48. The summed E-state index contributed by atoms with van der Waals surface area (Å²) in [7, 11) is 0. The highest BCUT2D eigenvalue weighted by Crippen LogP contribution is 2.28. The maximum atomic E-state index is 10.5. The van der Waals surface area contributed by atoms with E-state index in [0.29, 0.717) is 12.4 Å². The SMILES string of the molecule is CCOC1C(N)CC1Oc1ccc([N+](=O)[O-])cc1. The standard InChI is InChI=1S/C12H16N2O4/c1-2-17-12-10(13)7-11(12)18-9-5-3-8(4-6-9)14(15)16/h3-6,10-12H,2,7,13H2,1H3. The van der Waals surface area contributed by atoms with Gasteiger partial charge < -0.3 is 15.2 Å². The van der Waals surface area contributed by atoms with Crippen molar-refractivity contribution < 1.29 is 14.4 Å². The first-order valence-corrected chi connectivity index (χ1v) is 5.90. The molecule has 6 heteroatoms. The predicted molar refractivity (Wildman–Crippen MR) is 65.5 cm³/mol. The van der Waals surface area contributed by atoms with Gasteiger partial charge in [-0.25, -0.2) is 0 Å². The van der Waals surface area contributed by atoms with Crippen molar-refractivity contribution in [3.8, 4) is 5.75 Å². The van der Waals surface area contributed by atoms with Crippen LogP contribution in [0.15, 0.2) is 24.3 Å². The van der Waals surface area contributed by atoms with Crippen LogP contribution in [0.25, 0.3) is 0 Å². The Kier molecular flexibility index (Phi) is 3.78. The van der Waals surface area contributed by atoms with E-state index in [9.17, 15) is 10.1 Å². The number of hydrogen-bond acceptors (Lipinski definition) is 5. The lowest BCUT2D eigenvalue weighted by atomic mass is 9.86. The second kappa shape index (κ2) is 5.32. The molecule has 0 aliphatic heterocycles. The third-order valence-corrected chi connectivity index (χ3v) is 2.99. The number of nitro benzene ring substituents is 1. The highest BCUT2D eigenvalue weighted by molar-refractivity contribution is 5.36. The summed E-state index contributed by atoms with van der Waals surface area (Å²) in [4.78, 5) is 10.1. The van der Waals surface area contributed by atoms with Crippen molar-refractivity contribution in [1.82, 2.24) is 0 Å². The van der Waals surface area contributed by atoms with Gasteiger partial charge in [0.15, 0.2) is 0 Å². The van der Waals surface area contributed by atoms with Crippen LogP contribution in [0.5, 0.6) is 5.75 Å². The Balaban J connectivity index is 1.95. The summed E-state index contributed by atoms with van der Waals surface area (Å²) in [6, 6.07) is 6.02. The maximum Gasteiger partial charge on any atom is 0.269 e. The molecule has 3 unspecified atom stereocenters. The minimum absolute atomic E-state index is 0.00741. The number of nitrogens with two attached hydrogens (primary N) is 1. The molecule has 0 aromatic heterocycles. The van der Waals surface area contributed by atoms with Crippen LogP contribution in [0, 0.1) is 10.1 Å². The molecule has 0 spiro atoms. The van der Waals surface area contributed by atoms with Crippen molar-refractivity contribution >= 4 is 5.69 Å². The van der Waals surface area contributed by atoms with Gasteiger partial charge in [0.05, 0.1) is 4.92 Å². The summed E-state index contributed by atoms with van der Waals surface area (Å²) in [6.45, 7) is 2.51. The zero-order chi connectivity index (χ0) is 13.1. The van der Waals surface area contributed by atoms with Gasteiger partial charge in [-0.05, 0) is 19.1 Å². The number of rotatable bonds is 5. The molecular formula is C12H16N2O4. The Bertz CT molecular complexity index is 421. The van der Waals surface area contributed by atoms with E-state index in [1.54, 1.807) is 12.1 Å². The lowest BCUT2D eigenvalue weighted by Gasteiger charge is -2.41. The van der Waals surface area contributed by atoms with E-state index in [1.165, 1.54) is 12.1 Å². The molecule has 0 amide bonds. The fourth-order valence-corrected chi connectivity index (χ4v) is 1.98. The van der Waals surface area contributed by atoms with Crippen molar-refractivity contribution in [2.45, 2.75) is 31.6 Å². The topological polar surface area (TPSA) is 87.6 Å². The Labute approximate surface area is 105 Å². The van der Waals surface area contributed by atoms with E-state index in [1.807, 2.05) is 6.92 Å². The first-order valence-electron chi connectivity index (χ1n) is 5.90. The molecule has 1 aromatic carbocycles. The summed E-state index contributed by atoms with van der Waals surface area (Å²) in [5, 5.41) is 10.5. The Morgan fingerprint density at radius 2 is 2.11 bits per heavy atom. The molecule has 0 radical (unpaired) electrons. The molecule has 0 bridgehead atoms. The third kappa shape index (κ3) is 2.60. The number of non-ortho nitro benzene ring substituents is 1. The van der Waals surface area contributed by atoms with E-state index < -0.39 is 4.92 Å². The van der Waals surface area contributed by atoms with Crippen molar-refractivity contribution in [3.05, 3.63) is 34.4 Å². The smallest absolute Gasteiger partial charge is 0.269 e. The summed E-state index contributed by atoms with van der Waals surface area (Å²) in [6.07, 6.45) is 0.577. The second-order valence-corrected chi connectivity index (χ2v) is 4.23. The average Bonchev–Trinajstić information content (AvgIpc) is 2.36. The van der Waals surface area contributed by atoms with Crippen LogP contribution >= 0.6 is 0 Å². The fourth-order valence-electron chi connectivity index (χ4n) is 1.98. The average molecular weight is 252 g/mol. The molecule has 2 rings (SSSR count). The van der Waals surface area contributed by atoms with E-state index in [-0.39, 0.29) is 23.9 Å². The highest BCUT2D eigenvalue weighted by Gasteiger charge is 2.41. The van der Waals surface area contributed by atoms with Gasteiger partial charge in [-0.1, -0.05) is 0 Å². The second-order valence-electron chi connectivity index (χ2n) is 4.23. The van der Waals surface area contributed by atoms with Crippen molar-refractivity contribution in [3.63, 3.8) is 0 Å². The van der Waals surface area contributed by atoms with Crippen LogP contribution in [0.1, 0.15) is 13.3 Å². The molecule has 2 N–H and O–H groups in total. The molecule has 1 saturated carbocycles. The molecule has 1 aromatic rings. The van der Waals surface area contributed by atoms with E-state index in [0.717, 1.165) is 6.42 Å². The van der Waals surface area contributed by atoms with Crippen molar-refractivity contribution in [2.75, 3.05) is 6.61 Å². The molecule has 1 aliphatic carbocycles. The zero-order valence-corrected chi connectivity index (χ0v) is 10.1. The van der Waals surface area contributed by atoms with Crippen LogP contribution in [0.2, 0.25) is 0 Å². The molecule has 0 heterocycles. The lowest BCUT2D eigenvalue weighted by Crippen LogP contribution is -2.59. The Hall–Kier alpha value is -1.66. The minimum Gasteiger partial charge on any atom is -0.488 e. The van der Waals surface area contributed by atoms with Gasteiger partial charge in [0.1, 0.15) is 18.0 Å². The molecule has 6 nitrogen and oxygen atoms in total. The van der Waals surface area contributed by atoms with E-state index in [4.69, 9.17) is 15.2 Å². The molecule has 18 heavy (non-hydrogen) atoms. The summed E-state index contributed by atoms with van der Waals surface area (Å²) in [5.41, 5.74) is 5.87. The van der Waals surface area contributed by atoms with Gasteiger partial charge in [0.2, 0.25) is 0 Å². The molecule has 1 fully saturated rings. The fraction of sp³-hybridized carbons (Fsp3) is 0.500. The van der Waals surface area contributed by atoms with Gasteiger partial charge in [0.25, 0.3) is 5.69 Å². The highest BCUT2D eigenvalue weighted by atomic mass is 16.6. The number of hydrogen-bond donors (Lipinski definition) is 1. The van der Waals surface area contributed by atoms with Crippen LogP contribution < -0.4 is 10.5 Å². The van der Waals surface area contributed by atoms with Gasteiger partial charge in [-0.3, -0.25) is 10.1 Å². The summed E-state index contributed by atoms with van der Waals surface area (Å²) in [5.74, 6) is 0.599. The van der Waals surface area contributed by atoms with Gasteiger partial charge >= 0.3 is 0 Å². The summed E-state index contributed by atoms with van der Waals surface area (Å²) < 4.78 is 11.2. The van der Waals surface area contributed by atoms with Crippen LogP contribution in [-0.4, -0.2) is 29.8 Å². The Morgan fingerprint density at radius 3 is 2.61 bits per heavy atom. The van der Waals surface area contributed by atoms with Crippen molar-refractivity contribution in [2.24, 2.45) is 5.73 Å². The maximum absolute atomic E-state index is 10.5. The molecule has 98 valence electrons. The van der Waals surface area contributed by atoms with Crippen LogP contribution in [0.4, 0.5) is 5.69 Å². The minimum atomic E-state index is -0.438. The third-order valence-electron chi connectivity index (χ3n) is 2.99. The van der Waals surface area contributed by atoms with Crippen LogP contribution in [0.3, 0.4) is 0 Å². The summed E-state index contributed by atoms with van der Waals surface area (Å²) >= 11 is 0. The first-order chi connectivity index (χ1) is 8.61. The Morgan fingerprint density at radius 1 is 1.44 bits per heavy atom. The molecular weight excluding hydrogens is 236 g/mol. The zero-order valence-electron chi connectivity index (χ0n) is 10.1. The largest absolute Gasteiger partial charge is 0.488 e. The molecule has 1 aliphatic rings. The molecule has 3 atom stereocenters. The molecule has 0 saturated heterocycles. The number of nitrogens with zero attached hydrogens (tertiary/aromatic N) is 1. The number of nitro groups is 1. The van der Waals surface area contributed by atoms with E-state index >= 15 is 0 Å². The number of ether oxygens (including phenoxy) is 2. The van der Waals surface area contributed by atoms with Crippen molar-refractivity contribution in [1.29, 1.82) is 0 Å². The van der Waals surface area contributed by atoms with Gasteiger partial charge in [-0.15, -0.1) is 0 Å². The van der Waals surface area contributed by atoms with E-state index in [2.05, 4.69) is 0 Å².